The van der Waals surface area contributed by atoms with E-state index in [9.17, 15) is 14.0 Å². The molecule has 1 fully saturated rings. The molecule has 1 heterocycles. The summed E-state index contributed by atoms with van der Waals surface area (Å²) in [4.78, 5) is 25.3. The van der Waals surface area contributed by atoms with Crippen molar-refractivity contribution in [1.82, 2.24) is 25.1 Å². The van der Waals surface area contributed by atoms with Crippen LogP contribution in [0.25, 0.3) is 0 Å². The van der Waals surface area contributed by atoms with Gasteiger partial charge in [-0.25, -0.2) is 9.07 Å². The van der Waals surface area contributed by atoms with Crippen LogP contribution in [-0.2, 0) is 16.0 Å². The Bertz CT molecular complexity index is 821. The monoisotopic (exact) mass is 392 g/mol. The smallest absolute Gasteiger partial charge is 0.239 e. The second-order valence-electron chi connectivity index (χ2n) is 6.45. The zero-order valence-corrected chi connectivity index (χ0v) is 15.7. The Morgan fingerprint density at radius 1 is 1.33 bits per heavy atom. The maximum Gasteiger partial charge on any atom is 0.239 e. The van der Waals surface area contributed by atoms with Crippen LogP contribution in [0.15, 0.2) is 29.4 Å². The summed E-state index contributed by atoms with van der Waals surface area (Å²) >= 11 is 1.15. The van der Waals surface area contributed by atoms with E-state index >= 15 is 0 Å². The highest BCUT2D eigenvalue weighted by molar-refractivity contribution is 7.99. The van der Waals surface area contributed by atoms with Crippen molar-refractivity contribution in [1.29, 1.82) is 0 Å². The van der Waals surface area contributed by atoms with Gasteiger partial charge in [-0.3, -0.25) is 9.59 Å². The molecule has 1 saturated carbocycles. The highest BCUT2D eigenvalue weighted by Crippen LogP contribution is 2.19. The number of amides is 2. The predicted molar refractivity (Wildman–Crippen MR) is 98.9 cm³/mol. The summed E-state index contributed by atoms with van der Waals surface area (Å²) in [6.07, 6.45) is 2.41. The number of hydrogen-bond donors (Lipinski definition) is 2. The molecule has 0 bridgehead atoms. The number of rotatable bonds is 8. The minimum Gasteiger partial charge on any atom is -0.352 e. The molecular formula is C17H21FN6O2S. The average Bonchev–Trinajstić information content (AvgIpc) is 3.38. The molecule has 1 aromatic carbocycles. The Hall–Kier alpha value is -2.62. The lowest BCUT2D eigenvalue weighted by molar-refractivity contribution is -0.132. The van der Waals surface area contributed by atoms with Crippen molar-refractivity contribution in [3.8, 4) is 0 Å². The van der Waals surface area contributed by atoms with E-state index < -0.39 is 0 Å². The number of halogens is 1. The summed E-state index contributed by atoms with van der Waals surface area (Å²) in [7, 11) is 1.59. The summed E-state index contributed by atoms with van der Waals surface area (Å²) in [5.74, 6) is 5.94. The van der Waals surface area contributed by atoms with E-state index in [1.165, 1.54) is 21.7 Å². The minimum absolute atomic E-state index is 0.0288. The van der Waals surface area contributed by atoms with Crippen LogP contribution in [0.5, 0.6) is 0 Å². The molecule has 0 spiro atoms. The number of nitrogens with one attached hydrogen (secondary N) is 1. The van der Waals surface area contributed by atoms with Gasteiger partial charge >= 0.3 is 0 Å². The highest BCUT2D eigenvalue weighted by Gasteiger charge is 2.24. The first-order valence-corrected chi connectivity index (χ1v) is 9.51. The number of thioether (sulfide) groups is 1. The number of nitrogens with zero attached hydrogens (tertiary/aromatic N) is 4. The van der Waals surface area contributed by atoms with Gasteiger partial charge in [0.2, 0.25) is 17.0 Å². The van der Waals surface area contributed by atoms with Gasteiger partial charge in [-0.05, 0) is 30.5 Å². The lowest BCUT2D eigenvalue weighted by Gasteiger charge is -2.16. The summed E-state index contributed by atoms with van der Waals surface area (Å²) in [6.45, 7) is 0.0288. The van der Waals surface area contributed by atoms with Crippen LogP contribution >= 0.6 is 11.8 Å². The highest BCUT2D eigenvalue weighted by atomic mass is 32.2. The molecule has 1 aliphatic rings. The molecule has 0 aliphatic heterocycles. The van der Waals surface area contributed by atoms with Crippen molar-refractivity contribution in [2.75, 3.05) is 25.2 Å². The molecule has 144 valence electrons. The minimum atomic E-state index is -0.308. The molecular weight excluding hydrogens is 371 g/mol. The van der Waals surface area contributed by atoms with Gasteiger partial charge in [0, 0.05) is 19.5 Å². The van der Waals surface area contributed by atoms with Crippen molar-refractivity contribution >= 4 is 23.6 Å². The fraction of sp³-hybridized carbons (Fsp3) is 0.412. The second-order valence-corrected chi connectivity index (χ2v) is 7.39. The summed E-state index contributed by atoms with van der Waals surface area (Å²) < 4.78 is 14.3. The quantitative estimate of drug-likeness (QED) is 0.502. The van der Waals surface area contributed by atoms with Crippen molar-refractivity contribution in [2.24, 2.45) is 0 Å². The zero-order valence-electron chi connectivity index (χ0n) is 14.9. The van der Waals surface area contributed by atoms with Gasteiger partial charge < -0.3 is 16.1 Å². The molecule has 0 saturated heterocycles. The normalized spacial score (nSPS) is 13.4. The number of carbonyl (C=O) groups excluding carboxylic acids is 2. The Kier molecular flexibility index (Phi) is 5.94. The second kappa shape index (κ2) is 8.38. The Morgan fingerprint density at radius 2 is 2.04 bits per heavy atom. The molecule has 3 rings (SSSR count). The molecule has 8 nitrogen and oxygen atoms in total. The van der Waals surface area contributed by atoms with Gasteiger partial charge in [0.05, 0.1) is 12.3 Å². The van der Waals surface area contributed by atoms with Crippen molar-refractivity contribution in [2.45, 2.75) is 30.5 Å². The van der Waals surface area contributed by atoms with Gasteiger partial charge in [0.25, 0.3) is 0 Å². The van der Waals surface area contributed by atoms with Gasteiger partial charge in [-0.2, -0.15) is 0 Å². The Morgan fingerprint density at radius 3 is 2.70 bits per heavy atom. The Labute approximate surface area is 160 Å². The lowest BCUT2D eigenvalue weighted by atomic mass is 10.1. The van der Waals surface area contributed by atoms with E-state index in [1.54, 1.807) is 19.2 Å². The maximum atomic E-state index is 13.0. The number of nitrogens with two attached hydrogens (primary N) is 1. The number of aromatic nitrogens is 3. The van der Waals surface area contributed by atoms with Crippen LogP contribution in [0, 0.1) is 5.82 Å². The zero-order chi connectivity index (χ0) is 19.4. The van der Waals surface area contributed by atoms with Crippen LogP contribution in [0.3, 0.4) is 0 Å². The number of likely N-dealkylation sites (N-methyl/N-ethyl adjacent to an activating group) is 1. The first-order chi connectivity index (χ1) is 12.9. The fourth-order valence-electron chi connectivity index (χ4n) is 2.35. The first kappa shape index (κ1) is 19.2. The average molecular weight is 392 g/mol. The summed E-state index contributed by atoms with van der Waals surface area (Å²) in [5.41, 5.74) is 0.851. The SMILES string of the molecule is CN(CC(=O)NC1CC1)C(=O)CSc1nnc(Cc2ccc(F)cc2)n1N. The largest absolute Gasteiger partial charge is 0.352 e. The molecule has 1 aromatic heterocycles. The van der Waals surface area contributed by atoms with Crippen LogP contribution in [-0.4, -0.2) is 57.0 Å². The lowest BCUT2D eigenvalue weighted by Crippen LogP contribution is -2.39. The van der Waals surface area contributed by atoms with Crippen LogP contribution in [0.2, 0.25) is 0 Å². The van der Waals surface area contributed by atoms with E-state index in [4.69, 9.17) is 5.84 Å². The van der Waals surface area contributed by atoms with E-state index in [-0.39, 0.29) is 36.0 Å². The molecule has 0 radical (unpaired) electrons. The predicted octanol–water partition coefficient (Wildman–Crippen LogP) is 0.551. The summed E-state index contributed by atoms with van der Waals surface area (Å²) in [6, 6.07) is 6.32. The van der Waals surface area contributed by atoms with Crippen molar-refractivity contribution < 1.29 is 14.0 Å². The third-order valence-corrected chi connectivity index (χ3v) is 5.01. The van der Waals surface area contributed by atoms with Gasteiger partial charge in [0.1, 0.15) is 5.82 Å². The molecule has 0 unspecified atom stereocenters. The van der Waals surface area contributed by atoms with E-state index in [0.29, 0.717) is 17.4 Å². The molecule has 1 aliphatic carbocycles. The van der Waals surface area contributed by atoms with Gasteiger partial charge in [0.15, 0.2) is 5.82 Å². The summed E-state index contributed by atoms with van der Waals surface area (Å²) in [5, 5.41) is 11.3. The van der Waals surface area contributed by atoms with Crippen molar-refractivity contribution in [3.05, 3.63) is 41.5 Å². The third kappa shape index (κ3) is 5.43. The Balaban J connectivity index is 1.50. The van der Waals surface area contributed by atoms with E-state index in [0.717, 1.165) is 30.2 Å². The standard InChI is InChI=1S/C17H21FN6O2S/c1-23(9-15(25)20-13-6-7-13)16(26)10-27-17-22-21-14(24(17)19)8-11-2-4-12(18)5-3-11/h2-5,13H,6-10,19H2,1H3,(H,20,25). The van der Waals surface area contributed by atoms with Crippen LogP contribution < -0.4 is 11.2 Å². The third-order valence-electron chi connectivity index (χ3n) is 4.08. The van der Waals surface area contributed by atoms with Crippen LogP contribution in [0.4, 0.5) is 4.39 Å². The van der Waals surface area contributed by atoms with E-state index in [1.807, 2.05) is 0 Å². The molecule has 27 heavy (non-hydrogen) atoms. The number of carbonyl (C=O) groups is 2. The number of hydrogen-bond acceptors (Lipinski definition) is 6. The van der Waals surface area contributed by atoms with Crippen LogP contribution in [0.1, 0.15) is 24.2 Å². The number of nitrogen functional groups attached to an aromatic ring is 1. The fourth-order valence-corrected chi connectivity index (χ4v) is 3.17. The molecule has 10 heteroatoms. The molecule has 0 atom stereocenters. The van der Waals surface area contributed by atoms with Crippen molar-refractivity contribution in [3.63, 3.8) is 0 Å². The maximum absolute atomic E-state index is 13.0. The van der Waals surface area contributed by atoms with Gasteiger partial charge in [-0.1, -0.05) is 23.9 Å². The first-order valence-electron chi connectivity index (χ1n) is 8.52. The molecule has 2 amide bonds. The van der Waals surface area contributed by atoms with Gasteiger partial charge in [-0.15, -0.1) is 10.2 Å². The molecule has 2 aromatic rings. The number of benzene rings is 1. The molecule has 3 N–H and O–H groups in total. The van der Waals surface area contributed by atoms with E-state index in [2.05, 4.69) is 15.5 Å². The topological polar surface area (TPSA) is 106 Å².